The normalized spacial score (nSPS) is 20.7. The van der Waals surface area contributed by atoms with Gasteiger partial charge in [0.15, 0.2) is 0 Å². The van der Waals surface area contributed by atoms with Gasteiger partial charge in [0.2, 0.25) is 5.91 Å². The van der Waals surface area contributed by atoms with E-state index >= 15 is 0 Å². The monoisotopic (exact) mass is 512 g/mol. The van der Waals surface area contributed by atoms with Crippen molar-refractivity contribution >= 4 is 11.9 Å². The van der Waals surface area contributed by atoms with Gasteiger partial charge in [0.1, 0.15) is 12.3 Å². The van der Waals surface area contributed by atoms with Gasteiger partial charge in [0, 0.05) is 25.6 Å². The number of benzene rings is 3. The number of amides is 1. The van der Waals surface area contributed by atoms with Gasteiger partial charge in [-0.2, -0.15) is 0 Å². The van der Waals surface area contributed by atoms with Crippen molar-refractivity contribution in [2.24, 2.45) is 0 Å². The van der Waals surface area contributed by atoms with E-state index in [1.165, 1.54) is 0 Å². The molecule has 1 heterocycles. The molecule has 6 nitrogen and oxygen atoms in total. The molecule has 2 atom stereocenters. The fourth-order valence-corrected chi connectivity index (χ4v) is 6.38. The molecule has 1 aliphatic heterocycles. The Morgan fingerprint density at radius 3 is 1.82 bits per heavy atom. The van der Waals surface area contributed by atoms with Crippen LogP contribution in [0.1, 0.15) is 54.7 Å². The van der Waals surface area contributed by atoms with E-state index in [4.69, 9.17) is 0 Å². The van der Waals surface area contributed by atoms with E-state index in [0.29, 0.717) is 6.54 Å². The molecule has 0 spiro atoms. The molecular weight excluding hydrogens is 476 g/mol. The highest BCUT2D eigenvalue weighted by Gasteiger charge is 2.48. The number of carboxylic acid groups (broad SMARTS) is 1. The lowest BCUT2D eigenvalue weighted by atomic mass is 9.68. The van der Waals surface area contributed by atoms with Crippen LogP contribution in [-0.2, 0) is 15.0 Å². The fourth-order valence-electron chi connectivity index (χ4n) is 6.38. The van der Waals surface area contributed by atoms with Gasteiger partial charge < -0.3 is 15.1 Å². The molecule has 38 heavy (non-hydrogen) atoms. The number of nitrogens with zero attached hydrogens (tertiary/aromatic N) is 2. The van der Waals surface area contributed by atoms with Gasteiger partial charge >= 0.3 is 5.97 Å². The minimum absolute atomic E-state index is 0.0727. The van der Waals surface area contributed by atoms with E-state index in [1.807, 2.05) is 95.9 Å². The molecule has 1 unspecified atom stereocenters. The molecule has 0 bridgehead atoms. The second-order valence-corrected chi connectivity index (χ2v) is 10.6. The number of aliphatic hydroxyl groups excluding tert-OH is 1. The summed E-state index contributed by atoms with van der Waals surface area (Å²) in [7, 11) is 0. The van der Waals surface area contributed by atoms with Crippen molar-refractivity contribution in [3.8, 4) is 0 Å². The minimum Gasteiger partial charge on any atom is -0.480 e. The number of aliphatic carboxylic acids is 1. The summed E-state index contributed by atoms with van der Waals surface area (Å²) in [5.41, 5.74) is 2.21. The van der Waals surface area contributed by atoms with E-state index in [9.17, 15) is 19.8 Å². The molecule has 2 aliphatic rings. The molecule has 1 saturated carbocycles. The van der Waals surface area contributed by atoms with Crippen LogP contribution in [-0.4, -0.2) is 63.8 Å². The van der Waals surface area contributed by atoms with Gasteiger partial charge in [-0.1, -0.05) is 110 Å². The zero-order valence-corrected chi connectivity index (χ0v) is 21.7. The zero-order chi connectivity index (χ0) is 26.5. The topological polar surface area (TPSA) is 81.1 Å². The Morgan fingerprint density at radius 1 is 0.763 bits per heavy atom. The van der Waals surface area contributed by atoms with Gasteiger partial charge in [-0.15, -0.1) is 0 Å². The summed E-state index contributed by atoms with van der Waals surface area (Å²) in [6, 6.07) is 28.5. The quantitative estimate of drug-likeness (QED) is 0.482. The molecule has 1 aliphatic carbocycles. The molecule has 0 radical (unpaired) electrons. The fraction of sp³-hybridized carbons (Fsp3) is 0.375. The first-order chi connectivity index (χ1) is 18.5. The van der Waals surface area contributed by atoms with Crippen LogP contribution in [0.2, 0.25) is 0 Å². The Hall–Kier alpha value is -3.48. The molecule has 1 amide bonds. The summed E-state index contributed by atoms with van der Waals surface area (Å²) in [6.07, 6.45) is 3.52. The summed E-state index contributed by atoms with van der Waals surface area (Å²) < 4.78 is 0. The molecule has 5 rings (SSSR count). The summed E-state index contributed by atoms with van der Waals surface area (Å²) >= 11 is 0. The van der Waals surface area contributed by atoms with Crippen molar-refractivity contribution in [1.29, 1.82) is 0 Å². The Morgan fingerprint density at radius 2 is 1.29 bits per heavy atom. The first kappa shape index (κ1) is 26.1. The SMILES string of the molecule is O=C(O)[C@@H]1CN(C(O)C(c2ccccc2)c2ccccc2)CCN1C(=O)C1(c2ccccc2)CCCCC1. The number of aliphatic hydroxyl groups is 1. The number of hydrogen-bond acceptors (Lipinski definition) is 4. The average Bonchev–Trinajstić information content (AvgIpc) is 2.98. The van der Waals surface area contributed by atoms with E-state index in [1.54, 1.807) is 4.90 Å². The molecule has 198 valence electrons. The third-order valence-electron chi connectivity index (χ3n) is 8.39. The maximum atomic E-state index is 14.2. The smallest absolute Gasteiger partial charge is 0.327 e. The number of rotatable bonds is 7. The van der Waals surface area contributed by atoms with Crippen molar-refractivity contribution in [1.82, 2.24) is 9.80 Å². The molecule has 3 aromatic rings. The van der Waals surface area contributed by atoms with Crippen molar-refractivity contribution in [3.63, 3.8) is 0 Å². The maximum Gasteiger partial charge on any atom is 0.327 e. The van der Waals surface area contributed by atoms with Crippen LogP contribution < -0.4 is 0 Å². The Bertz CT molecular complexity index is 1170. The number of piperazine rings is 1. The predicted molar refractivity (Wildman–Crippen MR) is 147 cm³/mol. The van der Waals surface area contributed by atoms with E-state index in [-0.39, 0.29) is 24.9 Å². The summed E-state index contributed by atoms with van der Waals surface area (Å²) in [6.45, 7) is 0.735. The van der Waals surface area contributed by atoms with Gasteiger partial charge in [0.25, 0.3) is 0 Å². The first-order valence-corrected chi connectivity index (χ1v) is 13.6. The standard InChI is InChI=1S/C32H36N2O4/c35-29(28(24-13-5-1-6-14-24)25-15-7-2-8-16-25)33-21-22-34(27(23-33)30(36)37)31(38)32(19-11-4-12-20-32)26-17-9-3-10-18-26/h1-3,5-10,13-18,27-29,35H,4,11-12,19-23H2,(H,36,37)/t27-,29?/m0/s1. The van der Waals surface area contributed by atoms with E-state index in [2.05, 4.69) is 0 Å². The van der Waals surface area contributed by atoms with Crippen molar-refractivity contribution in [2.45, 2.75) is 55.7 Å². The lowest BCUT2D eigenvalue weighted by Crippen LogP contribution is -2.64. The highest BCUT2D eigenvalue weighted by Crippen LogP contribution is 2.42. The summed E-state index contributed by atoms with van der Waals surface area (Å²) in [4.78, 5) is 30.2. The minimum atomic E-state index is -1.04. The molecule has 2 N–H and O–H groups in total. The number of carbonyl (C=O) groups is 2. The number of carbonyl (C=O) groups excluding carboxylic acids is 1. The van der Waals surface area contributed by atoms with Crippen LogP contribution in [0, 0.1) is 0 Å². The van der Waals surface area contributed by atoms with E-state index < -0.39 is 23.7 Å². The van der Waals surface area contributed by atoms with Crippen molar-refractivity contribution in [2.75, 3.05) is 19.6 Å². The largest absolute Gasteiger partial charge is 0.480 e. The molecule has 6 heteroatoms. The first-order valence-electron chi connectivity index (χ1n) is 13.6. The van der Waals surface area contributed by atoms with Crippen LogP contribution in [0.15, 0.2) is 91.0 Å². The molecule has 3 aromatic carbocycles. The second kappa shape index (κ2) is 11.5. The lowest BCUT2D eigenvalue weighted by Gasteiger charge is -2.47. The van der Waals surface area contributed by atoms with Gasteiger partial charge in [-0.25, -0.2) is 4.79 Å². The molecular formula is C32H36N2O4. The number of carboxylic acids is 1. The van der Waals surface area contributed by atoms with Gasteiger partial charge in [-0.3, -0.25) is 9.69 Å². The Balaban J connectivity index is 1.42. The predicted octanol–water partition coefficient (Wildman–Crippen LogP) is 4.64. The molecule has 1 saturated heterocycles. The van der Waals surface area contributed by atoms with Gasteiger partial charge in [-0.05, 0) is 29.5 Å². The van der Waals surface area contributed by atoms with Crippen LogP contribution in [0.5, 0.6) is 0 Å². The van der Waals surface area contributed by atoms with Gasteiger partial charge in [0.05, 0.1) is 5.41 Å². The molecule has 0 aromatic heterocycles. The van der Waals surface area contributed by atoms with Crippen LogP contribution >= 0.6 is 0 Å². The Labute approximate surface area is 224 Å². The summed E-state index contributed by atoms with van der Waals surface area (Å²) in [5, 5.41) is 22.0. The molecule has 2 fully saturated rings. The van der Waals surface area contributed by atoms with E-state index in [0.717, 1.165) is 48.8 Å². The van der Waals surface area contributed by atoms with Crippen LogP contribution in [0.4, 0.5) is 0 Å². The second-order valence-electron chi connectivity index (χ2n) is 10.6. The third kappa shape index (κ3) is 5.11. The highest BCUT2D eigenvalue weighted by molar-refractivity contribution is 5.92. The third-order valence-corrected chi connectivity index (χ3v) is 8.39. The highest BCUT2D eigenvalue weighted by atomic mass is 16.4. The number of hydrogen-bond donors (Lipinski definition) is 2. The van der Waals surface area contributed by atoms with Crippen LogP contribution in [0.25, 0.3) is 0 Å². The lowest BCUT2D eigenvalue weighted by molar-refractivity contribution is -0.161. The van der Waals surface area contributed by atoms with Crippen LogP contribution in [0.3, 0.4) is 0 Å². The van der Waals surface area contributed by atoms with Crippen molar-refractivity contribution in [3.05, 3.63) is 108 Å². The van der Waals surface area contributed by atoms with Crippen molar-refractivity contribution < 1.29 is 19.8 Å². The summed E-state index contributed by atoms with van der Waals surface area (Å²) in [5.74, 6) is -1.47. The maximum absolute atomic E-state index is 14.2. The average molecular weight is 513 g/mol. The zero-order valence-electron chi connectivity index (χ0n) is 21.7. The Kier molecular flexibility index (Phi) is 7.91.